The van der Waals surface area contributed by atoms with E-state index in [4.69, 9.17) is 10.2 Å². The highest BCUT2D eigenvalue weighted by molar-refractivity contribution is 5.68. The van der Waals surface area contributed by atoms with Crippen LogP contribution in [0.2, 0.25) is 0 Å². The van der Waals surface area contributed by atoms with Gasteiger partial charge in [-0.05, 0) is 77.8 Å². The normalized spacial score (nSPS) is 11.3. The summed E-state index contributed by atoms with van der Waals surface area (Å²) in [5, 5.41) is 33.7. The lowest BCUT2D eigenvalue weighted by atomic mass is 10.1. The minimum absolute atomic E-state index is 0.0438. The van der Waals surface area contributed by atoms with Crippen molar-refractivity contribution in [1.29, 1.82) is 0 Å². The Labute approximate surface area is 281 Å². The van der Waals surface area contributed by atoms with Crippen molar-refractivity contribution in [2.45, 2.75) is 141 Å². The zero-order valence-electron chi connectivity index (χ0n) is 29.5. The minimum Gasteiger partial charge on any atom is -0.480 e. The van der Waals surface area contributed by atoms with Crippen LogP contribution in [0.25, 0.3) is 0 Å². The fourth-order valence-corrected chi connectivity index (χ4v) is 5.45. The van der Waals surface area contributed by atoms with Crippen LogP contribution in [0.4, 0.5) is 4.79 Å². The van der Waals surface area contributed by atoms with Gasteiger partial charge in [0.25, 0.3) is 0 Å². The average molecular weight is 659 g/mol. The summed E-state index contributed by atoms with van der Waals surface area (Å²) in [7, 11) is 0. The average Bonchev–Trinajstić information content (AvgIpc) is 3.03. The van der Waals surface area contributed by atoms with Crippen molar-refractivity contribution in [3.05, 3.63) is 0 Å². The zero-order valence-corrected chi connectivity index (χ0v) is 29.5. The maximum Gasteiger partial charge on any atom is 0.525 e. The molecule has 0 spiro atoms. The van der Waals surface area contributed by atoms with Crippen molar-refractivity contribution in [2.24, 2.45) is 0 Å². The highest BCUT2D eigenvalue weighted by Crippen LogP contribution is 2.11. The van der Waals surface area contributed by atoms with Gasteiger partial charge in [0.15, 0.2) is 0 Å². The van der Waals surface area contributed by atoms with Crippen LogP contribution in [0.5, 0.6) is 0 Å². The molecule has 11 heteroatoms. The van der Waals surface area contributed by atoms with E-state index < -0.39 is 12.1 Å². The molecule has 0 unspecified atom stereocenters. The quantitative estimate of drug-likeness (QED) is 0.0297. The first-order chi connectivity index (χ1) is 22.6. The van der Waals surface area contributed by atoms with Gasteiger partial charge in [0.05, 0.1) is 6.54 Å². The molecular weight excluding hydrogens is 584 g/mol. The van der Waals surface area contributed by atoms with E-state index in [9.17, 15) is 9.59 Å². The predicted molar refractivity (Wildman–Crippen MR) is 191 cm³/mol. The summed E-state index contributed by atoms with van der Waals surface area (Å²) in [6.45, 7) is 9.44. The van der Waals surface area contributed by atoms with Gasteiger partial charge in [-0.3, -0.25) is 4.79 Å². The molecule has 0 aliphatic carbocycles. The van der Waals surface area contributed by atoms with E-state index in [0.29, 0.717) is 19.6 Å². The molecule has 0 rings (SSSR count). The molecule has 0 aromatic carbocycles. The Morgan fingerprint density at radius 2 is 0.609 bits per heavy atom. The van der Waals surface area contributed by atoms with Crippen LogP contribution in [0.3, 0.4) is 0 Å². The third-order valence-electron chi connectivity index (χ3n) is 8.19. The van der Waals surface area contributed by atoms with Crippen LogP contribution in [0, 0.1) is 0 Å². The third kappa shape index (κ3) is 42.5. The molecule has 0 saturated carbocycles. The Balaban J connectivity index is 3.05. The molecule has 46 heavy (non-hydrogen) atoms. The third-order valence-corrected chi connectivity index (χ3v) is 8.19. The van der Waals surface area contributed by atoms with E-state index in [1.807, 2.05) is 0 Å². The van der Waals surface area contributed by atoms with E-state index >= 15 is 0 Å². The van der Waals surface area contributed by atoms with Gasteiger partial charge in [-0.2, -0.15) is 0 Å². The number of aliphatic carboxylic acids is 1. The van der Waals surface area contributed by atoms with Crippen LogP contribution < -0.4 is 32.1 Å². The Hall–Kier alpha value is -1.50. The Morgan fingerprint density at radius 1 is 0.348 bits per heavy atom. The predicted octanol–water partition coefficient (Wildman–Crippen LogP) is 5.80. The van der Waals surface area contributed by atoms with Gasteiger partial charge < -0.3 is 41.6 Å². The number of hydrogen-bond acceptors (Lipinski definition) is 9. The lowest BCUT2D eigenvalue weighted by molar-refractivity contribution is -0.135. The summed E-state index contributed by atoms with van der Waals surface area (Å²) in [6, 6.07) is 0. The monoisotopic (exact) mass is 659 g/mol. The Bertz CT molecular complexity index is 580. The van der Waals surface area contributed by atoms with Gasteiger partial charge in [0, 0.05) is 26.2 Å². The number of carboxylic acid groups (broad SMARTS) is 2. The molecule has 0 radical (unpaired) electrons. The maximum absolute atomic E-state index is 10.4. The highest BCUT2D eigenvalue weighted by atomic mass is 16.8. The molecule has 0 aromatic heterocycles. The van der Waals surface area contributed by atoms with E-state index in [1.54, 1.807) is 0 Å². The van der Waals surface area contributed by atoms with Crippen LogP contribution >= 0.6 is 0 Å². The van der Waals surface area contributed by atoms with E-state index in [0.717, 1.165) is 32.7 Å². The number of hydroxylamine groups is 1. The van der Waals surface area contributed by atoms with Crippen molar-refractivity contribution in [2.75, 3.05) is 72.0 Å². The van der Waals surface area contributed by atoms with Crippen molar-refractivity contribution in [3.63, 3.8) is 0 Å². The first kappa shape index (κ1) is 44.5. The van der Waals surface area contributed by atoms with Gasteiger partial charge in [0.1, 0.15) is 0 Å². The van der Waals surface area contributed by atoms with Gasteiger partial charge in [-0.25, -0.2) is 4.79 Å². The van der Waals surface area contributed by atoms with Crippen LogP contribution in [-0.2, 0) is 9.63 Å². The topological polar surface area (TPSA) is 156 Å². The van der Waals surface area contributed by atoms with E-state index in [1.165, 1.54) is 154 Å². The van der Waals surface area contributed by atoms with Crippen molar-refractivity contribution in [1.82, 2.24) is 32.1 Å². The fraction of sp³-hybridized carbons (Fsp3) is 0.943. The molecular formula is C35H74N6O5. The highest BCUT2D eigenvalue weighted by Gasteiger charge is 1.98. The molecule has 0 saturated heterocycles. The number of hydrogen-bond donors (Lipinski definition) is 8. The lowest BCUT2D eigenvalue weighted by Crippen LogP contribution is -2.31. The molecule has 274 valence electrons. The molecule has 0 bridgehead atoms. The molecule has 0 amide bonds. The van der Waals surface area contributed by atoms with Crippen molar-refractivity contribution < 1.29 is 24.6 Å². The SMILES string of the molecule is O=C(O)CNCCNCCCCCCCCCCCCNCCCCNCCCCCCCCCCCCNCCNOC(=O)O. The smallest absolute Gasteiger partial charge is 0.480 e. The van der Waals surface area contributed by atoms with E-state index in [-0.39, 0.29) is 6.54 Å². The van der Waals surface area contributed by atoms with Gasteiger partial charge in [0.2, 0.25) is 0 Å². The summed E-state index contributed by atoms with van der Waals surface area (Å²) in [4.78, 5) is 24.8. The van der Waals surface area contributed by atoms with Gasteiger partial charge in [-0.1, -0.05) is 103 Å². The number of carbonyl (C=O) groups is 2. The second-order valence-corrected chi connectivity index (χ2v) is 12.6. The molecule has 0 atom stereocenters. The molecule has 0 aliphatic heterocycles. The fourth-order valence-electron chi connectivity index (χ4n) is 5.45. The number of nitrogens with one attached hydrogen (secondary N) is 6. The second kappa shape index (κ2) is 39.7. The summed E-state index contributed by atoms with van der Waals surface area (Å²) in [5.41, 5.74) is 2.39. The molecule has 0 heterocycles. The van der Waals surface area contributed by atoms with Crippen LogP contribution in [0.15, 0.2) is 0 Å². The van der Waals surface area contributed by atoms with Crippen molar-refractivity contribution in [3.8, 4) is 0 Å². The molecule has 0 fully saturated rings. The zero-order chi connectivity index (χ0) is 33.4. The molecule has 0 aromatic rings. The standard InChI is InChI=1S/C35H74N6O5/c42-34(43)33-40-30-29-38-25-19-15-11-7-3-1-5-9-13-17-23-36-27-21-22-28-37-24-18-14-10-6-2-4-8-12-16-20-26-39-31-32-41-46-35(44)45/h36-41H,1-33H2,(H,42,43)(H,44,45). The van der Waals surface area contributed by atoms with Gasteiger partial charge in [-0.15, -0.1) is 5.48 Å². The number of carboxylic acids is 1. The van der Waals surface area contributed by atoms with Crippen LogP contribution in [-0.4, -0.2) is 94.3 Å². The summed E-state index contributed by atoms with van der Waals surface area (Å²) in [5.74, 6) is -0.798. The summed E-state index contributed by atoms with van der Waals surface area (Å²) < 4.78 is 0. The summed E-state index contributed by atoms with van der Waals surface area (Å²) in [6.07, 6.45) is 27.8. The molecule has 8 N–H and O–H groups in total. The minimum atomic E-state index is -1.30. The van der Waals surface area contributed by atoms with Crippen molar-refractivity contribution >= 4 is 12.1 Å². The number of unbranched alkanes of at least 4 members (excludes halogenated alkanes) is 19. The van der Waals surface area contributed by atoms with Crippen LogP contribution in [0.1, 0.15) is 141 Å². The lowest BCUT2D eigenvalue weighted by Gasteiger charge is -2.07. The number of rotatable bonds is 40. The Morgan fingerprint density at radius 3 is 0.935 bits per heavy atom. The first-order valence-electron chi connectivity index (χ1n) is 19.0. The molecule has 11 nitrogen and oxygen atoms in total. The largest absolute Gasteiger partial charge is 0.525 e. The second-order valence-electron chi connectivity index (χ2n) is 12.6. The summed E-state index contributed by atoms with van der Waals surface area (Å²) >= 11 is 0. The Kier molecular flexibility index (Phi) is 38.4. The molecule has 0 aliphatic rings. The van der Waals surface area contributed by atoms with Gasteiger partial charge >= 0.3 is 12.1 Å². The van der Waals surface area contributed by atoms with E-state index in [2.05, 4.69) is 36.9 Å². The first-order valence-corrected chi connectivity index (χ1v) is 19.0. The maximum atomic E-state index is 10.4.